The molecule has 0 N–H and O–H groups in total. The molecule has 2 bridgehead atoms. The Morgan fingerprint density at radius 3 is 2.73 bits per heavy atom. The molecule has 1 fully saturated rings. The first-order chi connectivity index (χ1) is 10.4. The molecule has 0 nitrogen and oxygen atoms in total. The van der Waals surface area contributed by atoms with E-state index in [-0.39, 0.29) is 16.6 Å². The Morgan fingerprint density at radius 1 is 1.23 bits per heavy atom. The fraction of sp³-hybridized carbons (Fsp3) is 0.524. The van der Waals surface area contributed by atoms with Gasteiger partial charge in [0, 0.05) is 5.92 Å². The Balaban J connectivity index is 1.98. The molecule has 3 aliphatic carbocycles. The minimum absolute atomic E-state index is 0.0981. The van der Waals surface area contributed by atoms with Gasteiger partial charge in [0.05, 0.1) is 0 Å². The Kier molecular flexibility index (Phi) is 2.81. The summed E-state index contributed by atoms with van der Waals surface area (Å²) in [4.78, 5) is 0. The summed E-state index contributed by atoms with van der Waals surface area (Å²) in [7, 11) is 0. The lowest BCUT2D eigenvalue weighted by Gasteiger charge is -2.37. The van der Waals surface area contributed by atoms with Gasteiger partial charge < -0.3 is 0 Å². The van der Waals surface area contributed by atoms with E-state index in [2.05, 4.69) is 45.9 Å². The van der Waals surface area contributed by atoms with Crippen LogP contribution in [0.1, 0.15) is 51.7 Å². The molecule has 1 saturated carbocycles. The highest BCUT2D eigenvalue weighted by Crippen LogP contribution is 2.71. The van der Waals surface area contributed by atoms with Crippen LogP contribution in [-0.4, -0.2) is 0 Å². The van der Waals surface area contributed by atoms with Crippen LogP contribution in [0.25, 0.3) is 5.57 Å². The molecule has 5 atom stereocenters. The number of allylic oxidation sites excluding steroid dienone is 4. The van der Waals surface area contributed by atoms with E-state index in [1.54, 1.807) is 12.1 Å². The van der Waals surface area contributed by atoms with Crippen molar-refractivity contribution in [2.24, 2.45) is 23.2 Å². The van der Waals surface area contributed by atoms with Crippen LogP contribution in [0.4, 0.5) is 4.39 Å². The summed E-state index contributed by atoms with van der Waals surface area (Å²) in [5.74, 6) is 1.49. The molecular weight excluding hydrogens is 271 g/mol. The molecule has 116 valence electrons. The van der Waals surface area contributed by atoms with Crippen LogP contribution in [0.15, 0.2) is 36.4 Å². The summed E-state index contributed by atoms with van der Waals surface area (Å²) in [6.45, 7) is 9.36. The van der Waals surface area contributed by atoms with Gasteiger partial charge in [-0.05, 0) is 64.3 Å². The van der Waals surface area contributed by atoms with E-state index in [9.17, 15) is 4.39 Å². The Morgan fingerprint density at radius 2 is 2.00 bits per heavy atom. The molecule has 0 saturated heterocycles. The van der Waals surface area contributed by atoms with Gasteiger partial charge in [0.1, 0.15) is 5.82 Å². The summed E-state index contributed by atoms with van der Waals surface area (Å²) in [5, 5.41) is 0. The molecule has 0 aliphatic heterocycles. The second kappa shape index (κ2) is 4.34. The molecule has 1 aromatic carbocycles. The van der Waals surface area contributed by atoms with Crippen molar-refractivity contribution in [3.63, 3.8) is 0 Å². The number of hydrogen-bond acceptors (Lipinski definition) is 0. The third-order valence-corrected chi connectivity index (χ3v) is 7.10. The molecule has 0 aromatic heterocycles. The molecule has 0 heterocycles. The summed E-state index contributed by atoms with van der Waals surface area (Å²) in [6.07, 6.45) is 9.55. The van der Waals surface area contributed by atoms with Crippen molar-refractivity contribution in [1.29, 1.82) is 0 Å². The lowest BCUT2D eigenvalue weighted by atomic mass is 9.67. The summed E-state index contributed by atoms with van der Waals surface area (Å²) in [5.41, 5.74) is 4.34. The molecule has 0 amide bonds. The van der Waals surface area contributed by atoms with E-state index in [0.29, 0.717) is 17.8 Å². The van der Waals surface area contributed by atoms with Crippen LogP contribution >= 0.6 is 0 Å². The van der Waals surface area contributed by atoms with Gasteiger partial charge in [0.15, 0.2) is 0 Å². The van der Waals surface area contributed by atoms with E-state index in [1.165, 1.54) is 23.1 Å². The van der Waals surface area contributed by atoms with Crippen LogP contribution in [0.5, 0.6) is 0 Å². The molecule has 0 radical (unpaired) electrons. The first-order valence-corrected chi connectivity index (χ1v) is 8.61. The van der Waals surface area contributed by atoms with Gasteiger partial charge in [-0.3, -0.25) is 0 Å². The van der Waals surface area contributed by atoms with Gasteiger partial charge in [0.25, 0.3) is 0 Å². The van der Waals surface area contributed by atoms with Gasteiger partial charge in [-0.25, -0.2) is 4.39 Å². The Labute approximate surface area is 133 Å². The number of halogens is 1. The summed E-state index contributed by atoms with van der Waals surface area (Å²) < 4.78 is 14.0. The zero-order chi connectivity index (χ0) is 15.7. The van der Waals surface area contributed by atoms with Gasteiger partial charge >= 0.3 is 0 Å². The topological polar surface area (TPSA) is 0 Å². The van der Waals surface area contributed by atoms with Crippen molar-refractivity contribution in [3.8, 4) is 0 Å². The van der Waals surface area contributed by atoms with Gasteiger partial charge in [-0.2, -0.15) is 0 Å². The van der Waals surface area contributed by atoms with Crippen molar-refractivity contribution in [3.05, 3.63) is 53.4 Å². The second-order valence-electron chi connectivity index (χ2n) is 8.00. The van der Waals surface area contributed by atoms with Gasteiger partial charge in [-0.15, -0.1) is 0 Å². The predicted octanol–water partition coefficient (Wildman–Crippen LogP) is 5.74. The van der Waals surface area contributed by atoms with Crippen LogP contribution in [0.3, 0.4) is 0 Å². The summed E-state index contributed by atoms with van der Waals surface area (Å²) >= 11 is 0. The van der Waals surface area contributed by atoms with Gasteiger partial charge in [0.2, 0.25) is 0 Å². The maximum atomic E-state index is 14.0. The van der Waals surface area contributed by atoms with Crippen molar-refractivity contribution < 1.29 is 4.39 Å². The standard InChI is InChI=1S/C21H25F/c1-5-14-6-7-15-10-18(14)17-9-8-16(22)11-19(17)21(4)12-20(21,3)13(15)2/h6-11,13-15H,5,12H2,1-4H3. The highest BCUT2D eigenvalue weighted by atomic mass is 19.1. The van der Waals surface area contributed by atoms with E-state index in [0.717, 1.165) is 6.42 Å². The smallest absolute Gasteiger partial charge is 0.123 e. The average Bonchev–Trinajstić information content (AvgIpc) is 3.09. The first kappa shape index (κ1) is 14.2. The molecule has 3 aliphatic rings. The van der Waals surface area contributed by atoms with Crippen LogP contribution in [-0.2, 0) is 5.41 Å². The van der Waals surface area contributed by atoms with Crippen LogP contribution in [0.2, 0.25) is 0 Å². The fourth-order valence-electron chi connectivity index (χ4n) is 5.12. The quantitative estimate of drug-likeness (QED) is 0.580. The minimum atomic E-state index is -0.0981. The van der Waals surface area contributed by atoms with Crippen molar-refractivity contribution in [2.45, 2.75) is 46.0 Å². The third-order valence-electron chi connectivity index (χ3n) is 7.10. The van der Waals surface area contributed by atoms with Crippen molar-refractivity contribution in [2.75, 3.05) is 0 Å². The lowest BCUT2D eigenvalue weighted by Crippen LogP contribution is -2.29. The molecule has 1 heteroatoms. The van der Waals surface area contributed by atoms with E-state index >= 15 is 0 Å². The summed E-state index contributed by atoms with van der Waals surface area (Å²) in [6, 6.07) is 5.46. The predicted molar refractivity (Wildman–Crippen MR) is 90.0 cm³/mol. The maximum absolute atomic E-state index is 14.0. The molecule has 22 heavy (non-hydrogen) atoms. The Hall–Kier alpha value is -1.37. The normalized spacial score (nSPS) is 41.9. The highest BCUT2D eigenvalue weighted by molar-refractivity contribution is 5.75. The molecule has 4 rings (SSSR count). The molecule has 5 unspecified atom stereocenters. The van der Waals surface area contributed by atoms with E-state index < -0.39 is 0 Å². The largest absolute Gasteiger partial charge is 0.207 e. The minimum Gasteiger partial charge on any atom is -0.207 e. The van der Waals surface area contributed by atoms with Crippen molar-refractivity contribution in [1.82, 2.24) is 0 Å². The molecule has 1 aromatic rings. The molecular formula is C21H25F. The lowest BCUT2D eigenvalue weighted by molar-refractivity contribution is 0.276. The van der Waals surface area contributed by atoms with Gasteiger partial charge in [-0.1, -0.05) is 52.0 Å². The van der Waals surface area contributed by atoms with Crippen LogP contribution < -0.4 is 0 Å². The Bertz CT molecular complexity index is 698. The van der Waals surface area contributed by atoms with Crippen molar-refractivity contribution >= 4 is 5.57 Å². The average molecular weight is 296 g/mol. The number of rotatable bonds is 1. The fourth-order valence-corrected chi connectivity index (χ4v) is 5.12. The third kappa shape index (κ3) is 1.63. The number of benzene rings is 1. The first-order valence-electron chi connectivity index (χ1n) is 8.61. The SMILES string of the molecule is CCC1C=CC2C=C1c1ccc(F)cc1C1(C)CC1(C)C2C. The highest BCUT2D eigenvalue weighted by Gasteiger charge is 2.66. The zero-order valence-electron chi connectivity index (χ0n) is 14.0. The molecule has 0 spiro atoms. The number of hydrogen-bond donors (Lipinski definition) is 0. The zero-order valence-corrected chi connectivity index (χ0v) is 14.0. The maximum Gasteiger partial charge on any atom is 0.123 e. The monoisotopic (exact) mass is 296 g/mol. The van der Waals surface area contributed by atoms with Crippen LogP contribution in [0, 0.1) is 29.0 Å². The number of fused-ring (bicyclic) bond motifs is 5. The van der Waals surface area contributed by atoms with E-state index in [4.69, 9.17) is 0 Å². The van der Waals surface area contributed by atoms with E-state index in [1.807, 2.05) is 6.07 Å². The second-order valence-corrected chi connectivity index (χ2v) is 8.00.